The highest BCUT2D eigenvalue weighted by Gasteiger charge is 2.55. The third-order valence-corrected chi connectivity index (χ3v) is 5.36. The molecule has 0 aliphatic carbocycles. The molecule has 1 amide bonds. The van der Waals surface area contributed by atoms with E-state index in [1.54, 1.807) is 19.1 Å². The van der Waals surface area contributed by atoms with Gasteiger partial charge in [-0.1, -0.05) is 20.8 Å². The molecular formula is C21H30N4O6. The van der Waals surface area contributed by atoms with E-state index in [9.17, 15) is 19.8 Å². The van der Waals surface area contributed by atoms with Gasteiger partial charge in [0, 0.05) is 12.8 Å². The summed E-state index contributed by atoms with van der Waals surface area (Å²) in [6.45, 7) is 6.91. The topological polar surface area (TPSA) is 135 Å². The van der Waals surface area contributed by atoms with Crippen molar-refractivity contribution in [2.75, 3.05) is 11.9 Å². The number of hydrogen-bond donors (Lipinski definition) is 3. The molecule has 2 aromatic rings. The van der Waals surface area contributed by atoms with Crippen molar-refractivity contribution >= 4 is 23.2 Å². The van der Waals surface area contributed by atoms with Gasteiger partial charge in [0.2, 0.25) is 5.91 Å². The van der Waals surface area contributed by atoms with Gasteiger partial charge >= 0.3 is 5.97 Å². The van der Waals surface area contributed by atoms with Gasteiger partial charge in [0.15, 0.2) is 11.9 Å². The first-order valence-corrected chi connectivity index (χ1v) is 10.5. The summed E-state index contributed by atoms with van der Waals surface area (Å²) in [4.78, 5) is 28.4. The molecule has 0 radical (unpaired) electrons. The van der Waals surface area contributed by atoms with Crippen molar-refractivity contribution in [2.24, 2.45) is 5.92 Å². The molecule has 10 heteroatoms. The Morgan fingerprint density at radius 3 is 2.77 bits per heavy atom. The first-order chi connectivity index (χ1) is 14.7. The van der Waals surface area contributed by atoms with Gasteiger partial charge in [0.25, 0.3) is 0 Å². The number of ether oxygens (including phenoxy) is 2. The maximum absolute atomic E-state index is 12.2. The number of aliphatic hydroxyl groups excluding tert-OH is 2. The molecule has 0 unspecified atom stereocenters. The number of nitrogens with zero attached hydrogens (tertiary/aromatic N) is 3. The lowest BCUT2D eigenvalue weighted by Crippen LogP contribution is -2.42. The van der Waals surface area contributed by atoms with Crippen molar-refractivity contribution in [3.8, 4) is 0 Å². The van der Waals surface area contributed by atoms with Crippen LogP contribution in [0.1, 0.15) is 52.7 Å². The maximum atomic E-state index is 12.2. The molecule has 0 bridgehead atoms. The molecule has 170 valence electrons. The van der Waals surface area contributed by atoms with Gasteiger partial charge in [-0.2, -0.15) is 5.10 Å². The van der Waals surface area contributed by atoms with Crippen LogP contribution in [0.3, 0.4) is 0 Å². The predicted octanol–water partition coefficient (Wildman–Crippen LogP) is 1.39. The molecule has 0 aromatic carbocycles. The van der Waals surface area contributed by atoms with Crippen LogP contribution in [-0.4, -0.2) is 61.6 Å². The number of aliphatic hydroxyl groups is 2. The van der Waals surface area contributed by atoms with Gasteiger partial charge in [-0.15, -0.1) is 0 Å². The van der Waals surface area contributed by atoms with E-state index in [1.807, 2.05) is 20.8 Å². The molecule has 4 atom stereocenters. The van der Waals surface area contributed by atoms with Crippen molar-refractivity contribution in [3.63, 3.8) is 0 Å². The number of carbonyl (C=O) groups is 2. The number of esters is 1. The second-order valence-corrected chi connectivity index (χ2v) is 8.37. The lowest BCUT2D eigenvalue weighted by atomic mass is 9.93. The van der Waals surface area contributed by atoms with Crippen LogP contribution in [0.15, 0.2) is 18.5 Å². The third-order valence-electron chi connectivity index (χ3n) is 5.36. The predicted molar refractivity (Wildman–Crippen MR) is 111 cm³/mol. The molecule has 3 N–H and O–H groups in total. The van der Waals surface area contributed by atoms with E-state index >= 15 is 0 Å². The number of amides is 1. The van der Waals surface area contributed by atoms with Gasteiger partial charge in [0.1, 0.15) is 29.7 Å². The van der Waals surface area contributed by atoms with Crippen LogP contribution in [0.25, 0.3) is 5.52 Å². The number of fused-ring (bicyclic) bond motifs is 1. The molecule has 1 aliphatic rings. The third kappa shape index (κ3) is 4.56. The van der Waals surface area contributed by atoms with Crippen LogP contribution in [0, 0.1) is 5.92 Å². The second-order valence-electron chi connectivity index (χ2n) is 8.37. The summed E-state index contributed by atoms with van der Waals surface area (Å²) >= 11 is 0. The number of hydrogen-bond acceptors (Lipinski definition) is 8. The van der Waals surface area contributed by atoms with E-state index in [-0.39, 0.29) is 18.2 Å². The lowest BCUT2D eigenvalue weighted by Gasteiger charge is -2.27. The van der Waals surface area contributed by atoms with Crippen molar-refractivity contribution in [3.05, 3.63) is 24.2 Å². The fourth-order valence-electron chi connectivity index (χ4n) is 3.82. The summed E-state index contributed by atoms with van der Waals surface area (Å²) in [5, 5.41) is 27.9. The van der Waals surface area contributed by atoms with Gasteiger partial charge in [0.05, 0.1) is 12.3 Å². The molecule has 31 heavy (non-hydrogen) atoms. The van der Waals surface area contributed by atoms with Gasteiger partial charge in [-0.05, 0) is 31.4 Å². The van der Waals surface area contributed by atoms with Crippen molar-refractivity contribution in [2.45, 2.75) is 70.9 Å². The van der Waals surface area contributed by atoms with Crippen molar-refractivity contribution < 1.29 is 29.3 Å². The van der Waals surface area contributed by atoms with Crippen molar-refractivity contribution in [1.82, 2.24) is 14.6 Å². The Balaban J connectivity index is 1.92. The summed E-state index contributed by atoms with van der Waals surface area (Å²) in [6.07, 6.45) is -0.606. The van der Waals surface area contributed by atoms with E-state index in [2.05, 4.69) is 15.4 Å². The average molecular weight is 434 g/mol. The zero-order chi connectivity index (χ0) is 22.8. The number of nitrogens with one attached hydrogen (secondary N) is 1. The van der Waals surface area contributed by atoms with Crippen LogP contribution < -0.4 is 5.32 Å². The minimum absolute atomic E-state index is 0.0959. The smallest absolute Gasteiger partial charge is 0.306 e. The molecule has 0 spiro atoms. The molecule has 10 nitrogen and oxygen atoms in total. The number of aromatic nitrogens is 3. The van der Waals surface area contributed by atoms with Crippen molar-refractivity contribution in [1.29, 1.82) is 0 Å². The highest BCUT2D eigenvalue weighted by atomic mass is 16.6. The standard InChI is InChI=1S/C21H30N4O6/c1-5-6-16(27)24-20-13-7-8-15(25(13)23-11-22-20)21(4)19(29)18(14(10-26)31-21)30-17(28)9-12(2)3/h7-8,11-12,14,18-19,26,29H,5-6,9-10H2,1-4H3,(H,22,23,24,27)/t14-,18-,19-,21+/m1/s1. The SMILES string of the molecule is CCCC(=O)Nc1ncnn2c([C@]3(C)O[C@H](CO)[C@@H](OC(=O)CC(C)C)[C@H]3O)ccc12. The quantitative estimate of drug-likeness (QED) is 0.531. The fraction of sp³-hybridized carbons (Fsp3) is 0.619. The largest absolute Gasteiger partial charge is 0.457 e. The summed E-state index contributed by atoms with van der Waals surface area (Å²) < 4.78 is 13.0. The Hall–Kier alpha value is -2.56. The fourth-order valence-corrected chi connectivity index (χ4v) is 3.82. The van der Waals surface area contributed by atoms with Crippen LogP contribution in [0.4, 0.5) is 5.82 Å². The van der Waals surface area contributed by atoms with E-state index < -0.39 is 36.5 Å². The molecule has 2 aromatic heterocycles. The average Bonchev–Trinajstić information content (AvgIpc) is 3.24. The molecule has 0 saturated carbocycles. The summed E-state index contributed by atoms with van der Waals surface area (Å²) in [5.41, 5.74) is -0.314. The Morgan fingerprint density at radius 2 is 2.13 bits per heavy atom. The molecular weight excluding hydrogens is 404 g/mol. The molecule has 1 saturated heterocycles. The summed E-state index contributed by atoms with van der Waals surface area (Å²) in [7, 11) is 0. The minimum Gasteiger partial charge on any atom is -0.457 e. The van der Waals surface area contributed by atoms with Crippen LogP contribution in [0.5, 0.6) is 0 Å². The summed E-state index contributed by atoms with van der Waals surface area (Å²) in [5.74, 6) is -0.187. The zero-order valence-electron chi connectivity index (χ0n) is 18.2. The maximum Gasteiger partial charge on any atom is 0.306 e. The first-order valence-electron chi connectivity index (χ1n) is 10.5. The minimum atomic E-state index is -1.32. The number of anilines is 1. The molecule has 1 fully saturated rings. The van der Waals surface area contributed by atoms with Crippen LogP contribution >= 0.6 is 0 Å². The Labute approximate surface area is 180 Å². The normalized spacial score (nSPS) is 25.8. The molecule has 3 heterocycles. The first kappa shape index (κ1) is 23.1. The highest BCUT2D eigenvalue weighted by Crippen LogP contribution is 2.41. The number of rotatable bonds is 8. The van der Waals surface area contributed by atoms with Crippen LogP contribution in [0.2, 0.25) is 0 Å². The summed E-state index contributed by atoms with van der Waals surface area (Å²) in [6, 6.07) is 3.42. The zero-order valence-corrected chi connectivity index (χ0v) is 18.2. The Morgan fingerprint density at radius 1 is 1.39 bits per heavy atom. The van der Waals surface area contributed by atoms with Gasteiger partial charge in [-0.25, -0.2) is 9.50 Å². The van der Waals surface area contributed by atoms with E-state index in [1.165, 1.54) is 10.8 Å². The Kier molecular flexibility index (Phi) is 6.93. The van der Waals surface area contributed by atoms with E-state index in [0.29, 0.717) is 29.9 Å². The van der Waals surface area contributed by atoms with Crippen LogP contribution in [-0.2, 0) is 24.7 Å². The molecule has 3 rings (SSSR count). The monoisotopic (exact) mass is 434 g/mol. The second kappa shape index (κ2) is 9.29. The van der Waals surface area contributed by atoms with Gasteiger partial charge < -0.3 is 25.0 Å². The van der Waals surface area contributed by atoms with E-state index in [4.69, 9.17) is 9.47 Å². The Bertz CT molecular complexity index is 945. The van der Waals surface area contributed by atoms with Gasteiger partial charge in [-0.3, -0.25) is 9.59 Å². The lowest BCUT2D eigenvalue weighted by molar-refractivity contribution is -0.157. The number of carbonyl (C=O) groups excluding carboxylic acids is 2. The van der Waals surface area contributed by atoms with E-state index in [0.717, 1.165) is 0 Å². The highest BCUT2D eigenvalue weighted by molar-refractivity contribution is 5.93. The molecule has 1 aliphatic heterocycles.